The molecule has 158 valence electrons. The van der Waals surface area contributed by atoms with Crippen LogP contribution < -0.4 is 10.5 Å². The first-order valence-electron chi connectivity index (χ1n) is 11.1. The molecule has 0 saturated carbocycles. The summed E-state index contributed by atoms with van der Waals surface area (Å²) in [6, 6.07) is 27.9. The molecule has 0 fully saturated rings. The van der Waals surface area contributed by atoms with Gasteiger partial charge < -0.3 is 10.5 Å². The topological polar surface area (TPSA) is 35.2 Å². The molecular formula is C28H35NO. The third kappa shape index (κ3) is 6.08. The molecule has 0 heterocycles. The summed E-state index contributed by atoms with van der Waals surface area (Å²) in [5.74, 6) is 0.854. The van der Waals surface area contributed by atoms with Gasteiger partial charge in [0, 0.05) is 6.54 Å². The van der Waals surface area contributed by atoms with E-state index in [2.05, 4.69) is 80.6 Å². The summed E-state index contributed by atoms with van der Waals surface area (Å²) < 4.78 is 5.65. The maximum atomic E-state index is 5.65. The highest BCUT2D eigenvalue weighted by atomic mass is 16.5. The summed E-state index contributed by atoms with van der Waals surface area (Å²) in [7, 11) is 0. The van der Waals surface area contributed by atoms with Crippen LogP contribution in [0.4, 0.5) is 0 Å². The molecule has 30 heavy (non-hydrogen) atoms. The normalized spacial score (nSPS) is 11.2. The van der Waals surface area contributed by atoms with E-state index in [4.69, 9.17) is 10.5 Å². The van der Waals surface area contributed by atoms with Crippen LogP contribution in [0, 0.1) is 0 Å². The maximum Gasteiger partial charge on any atom is 0.119 e. The van der Waals surface area contributed by atoms with Crippen LogP contribution in [0.3, 0.4) is 0 Å². The number of ether oxygens (including phenoxy) is 1. The molecule has 3 rings (SSSR count). The quantitative estimate of drug-likeness (QED) is 0.413. The van der Waals surface area contributed by atoms with Gasteiger partial charge in [-0.2, -0.15) is 0 Å². The van der Waals surface area contributed by atoms with Gasteiger partial charge in [0.2, 0.25) is 0 Å². The molecule has 0 saturated heterocycles. The molecular weight excluding hydrogens is 366 g/mol. The van der Waals surface area contributed by atoms with Crippen LogP contribution in [0.2, 0.25) is 0 Å². The number of nitrogens with two attached hydrogens (primary N) is 1. The summed E-state index contributed by atoms with van der Waals surface area (Å²) in [5, 5.41) is 0. The Balaban J connectivity index is 0.00000155. The van der Waals surface area contributed by atoms with Gasteiger partial charge in [0.1, 0.15) is 12.4 Å². The molecule has 0 aliphatic rings. The van der Waals surface area contributed by atoms with Gasteiger partial charge in [0.05, 0.1) is 0 Å². The summed E-state index contributed by atoms with van der Waals surface area (Å²) in [6.45, 7) is 9.47. The second-order valence-electron chi connectivity index (χ2n) is 6.79. The van der Waals surface area contributed by atoms with Gasteiger partial charge in [0.15, 0.2) is 0 Å². The zero-order valence-corrected chi connectivity index (χ0v) is 18.8. The van der Waals surface area contributed by atoms with Gasteiger partial charge in [-0.25, -0.2) is 0 Å². The predicted molar refractivity (Wildman–Crippen MR) is 131 cm³/mol. The first kappa shape index (κ1) is 23.4. The third-order valence-corrected chi connectivity index (χ3v) is 4.96. The zero-order chi connectivity index (χ0) is 21.8. The minimum atomic E-state index is 0.519. The van der Waals surface area contributed by atoms with E-state index < -0.39 is 0 Å². The lowest BCUT2D eigenvalue weighted by atomic mass is 9.88. The van der Waals surface area contributed by atoms with Crippen molar-refractivity contribution in [1.82, 2.24) is 0 Å². The van der Waals surface area contributed by atoms with Crippen LogP contribution in [0.15, 0.2) is 78.9 Å². The van der Waals surface area contributed by atoms with Crippen molar-refractivity contribution in [3.05, 3.63) is 101 Å². The number of benzene rings is 3. The van der Waals surface area contributed by atoms with Gasteiger partial charge in [-0.05, 0) is 58.4 Å². The monoisotopic (exact) mass is 401 g/mol. The van der Waals surface area contributed by atoms with Crippen LogP contribution in [0.5, 0.6) is 5.75 Å². The first-order chi connectivity index (χ1) is 14.8. The van der Waals surface area contributed by atoms with E-state index in [9.17, 15) is 0 Å². The van der Waals surface area contributed by atoms with E-state index in [-0.39, 0.29) is 0 Å². The van der Waals surface area contributed by atoms with Crippen LogP contribution in [-0.4, -0.2) is 13.2 Å². The van der Waals surface area contributed by atoms with Crippen LogP contribution in [-0.2, 0) is 6.42 Å². The maximum absolute atomic E-state index is 5.65. The highest BCUT2D eigenvalue weighted by molar-refractivity contribution is 5.98. The lowest BCUT2D eigenvalue weighted by molar-refractivity contribution is 0.328. The largest absolute Gasteiger partial charge is 0.492 e. The molecule has 0 aliphatic carbocycles. The molecule has 3 aromatic rings. The first-order valence-corrected chi connectivity index (χ1v) is 11.1. The van der Waals surface area contributed by atoms with Crippen molar-refractivity contribution in [1.29, 1.82) is 0 Å². The Morgan fingerprint density at radius 2 is 1.30 bits per heavy atom. The average molecular weight is 402 g/mol. The Hall–Kier alpha value is -2.84. The van der Waals surface area contributed by atoms with Crippen molar-refractivity contribution in [3.63, 3.8) is 0 Å². The van der Waals surface area contributed by atoms with E-state index >= 15 is 0 Å². The number of rotatable bonds is 8. The van der Waals surface area contributed by atoms with E-state index in [1.54, 1.807) is 0 Å². The van der Waals surface area contributed by atoms with E-state index in [1.165, 1.54) is 33.4 Å². The molecule has 0 radical (unpaired) electrons. The molecule has 0 bridgehead atoms. The number of allylic oxidation sites excluding steroid dienone is 1. The van der Waals surface area contributed by atoms with Crippen molar-refractivity contribution in [3.8, 4) is 5.75 Å². The van der Waals surface area contributed by atoms with Crippen molar-refractivity contribution >= 4 is 11.1 Å². The fourth-order valence-corrected chi connectivity index (χ4v) is 3.48. The van der Waals surface area contributed by atoms with Crippen molar-refractivity contribution < 1.29 is 4.74 Å². The van der Waals surface area contributed by atoms with Crippen LogP contribution in [0.25, 0.3) is 11.1 Å². The Morgan fingerprint density at radius 1 is 0.733 bits per heavy atom. The van der Waals surface area contributed by atoms with Crippen LogP contribution in [0.1, 0.15) is 56.4 Å². The standard InChI is InChI=1S/C26H29NO.C2H6/c1-3-20-10-12-21(13-11-20)25(4-2)26(22-8-6-5-7-9-22)23-14-16-24(17-15-23)28-19-18-27;1-2/h5-17H,3-4,18-19,27H2,1-2H3;1-2H3/b26-25-;. The Labute approximate surface area is 182 Å². The highest BCUT2D eigenvalue weighted by Gasteiger charge is 2.13. The van der Waals surface area contributed by atoms with Gasteiger partial charge in [-0.3, -0.25) is 0 Å². The smallest absolute Gasteiger partial charge is 0.119 e. The summed E-state index contributed by atoms with van der Waals surface area (Å²) >= 11 is 0. The molecule has 0 unspecified atom stereocenters. The molecule has 2 nitrogen and oxygen atoms in total. The number of hydrogen-bond donors (Lipinski definition) is 1. The Kier molecular flexibility index (Phi) is 9.90. The second kappa shape index (κ2) is 12.7. The molecule has 2 heteroatoms. The minimum Gasteiger partial charge on any atom is -0.492 e. The van der Waals surface area contributed by atoms with E-state index in [1.807, 2.05) is 26.0 Å². The fourth-order valence-electron chi connectivity index (χ4n) is 3.48. The fraction of sp³-hybridized carbons (Fsp3) is 0.286. The van der Waals surface area contributed by atoms with E-state index in [0.717, 1.165) is 18.6 Å². The molecule has 0 spiro atoms. The van der Waals surface area contributed by atoms with Gasteiger partial charge in [-0.15, -0.1) is 0 Å². The molecule has 3 aromatic carbocycles. The zero-order valence-electron chi connectivity index (χ0n) is 18.8. The summed E-state index contributed by atoms with van der Waals surface area (Å²) in [6.07, 6.45) is 2.02. The average Bonchev–Trinajstić information content (AvgIpc) is 2.83. The van der Waals surface area contributed by atoms with Gasteiger partial charge >= 0.3 is 0 Å². The third-order valence-electron chi connectivity index (χ3n) is 4.96. The summed E-state index contributed by atoms with van der Waals surface area (Å²) in [5.41, 5.74) is 13.2. The lowest BCUT2D eigenvalue weighted by Crippen LogP contribution is -2.10. The Bertz CT molecular complexity index is 894. The SMILES string of the molecule is CC.CC/C(=C(\c1ccccc1)c1ccc(OCCN)cc1)c1ccc(CC)cc1. The molecule has 0 aromatic heterocycles. The van der Waals surface area contributed by atoms with Crippen molar-refractivity contribution in [2.75, 3.05) is 13.2 Å². The van der Waals surface area contributed by atoms with Crippen LogP contribution >= 0.6 is 0 Å². The van der Waals surface area contributed by atoms with Gasteiger partial charge in [-0.1, -0.05) is 94.4 Å². The molecule has 2 N–H and O–H groups in total. The number of hydrogen-bond acceptors (Lipinski definition) is 2. The van der Waals surface area contributed by atoms with Gasteiger partial charge in [0.25, 0.3) is 0 Å². The number of aryl methyl sites for hydroxylation is 1. The minimum absolute atomic E-state index is 0.519. The second-order valence-corrected chi connectivity index (χ2v) is 6.79. The van der Waals surface area contributed by atoms with E-state index in [0.29, 0.717) is 13.2 Å². The molecule has 0 aliphatic heterocycles. The molecule has 0 amide bonds. The highest BCUT2D eigenvalue weighted by Crippen LogP contribution is 2.35. The van der Waals surface area contributed by atoms with Crippen molar-refractivity contribution in [2.45, 2.75) is 40.5 Å². The van der Waals surface area contributed by atoms with Crippen molar-refractivity contribution in [2.24, 2.45) is 5.73 Å². The summed E-state index contributed by atoms with van der Waals surface area (Å²) in [4.78, 5) is 0. The Morgan fingerprint density at radius 3 is 1.83 bits per heavy atom. The molecule has 0 atom stereocenters. The lowest BCUT2D eigenvalue weighted by Gasteiger charge is -2.17. The predicted octanol–water partition coefficient (Wildman–Crippen LogP) is 6.98.